The number of hydrogen-bond donors (Lipinski definition) is 2. The number of nitrogens with one attached hydrogen (secondary N) is 2. The molecule has 2 N–H and O–H groups in total. The van der Waals surface area contributed by atoms with Crippen molar-refractivity contribution >= 4 is 17.2 Å². The van der Waals surface area contributed by atoms with Gasteiger partial charge in [0.25, 0.3) is 5.91 Å². The quantitative estimate of drug-likeness (QED) is 0.688. The van der Waals surface area contributed by atoms with Crippen LogP contribution in [0.4, 0.5) is 0 Å². The minimum atomic E-state index is -0.00308. The summed E-state index contributed by atoms with van der Waals surface area (Å²) in [7, 11) is 0. The van der Waals surface area contributed by atoms with Gasteiger partial charge in [-0.1, -0.05) is 5.16 Å². The SMILES string of the molecule is Cc1n[nH]c(C)c1CNC(=O)c1csc2c1CCN(Cc1c(C)noc1C)C2. The molecule has 0 unspecified atom stereocenters. The number of thiophene rings is 1. The molecule has 8 heteroatoms. The molecule has 0 radical (unpaired) electrons. The van der Waals surface area contributed by atoms with Gasteiger partial charge in [0.05, 0.1) is 17.0 Å². The van der Waals surface area contributed by atoms with Crippen LogP contribution in [0, 0.1) is 27.7 Å². The third-order valence-electron chi connectivity index (χ3n) is 5.54. The van der Waals surface area contributed by atoms with Gasteiger partial charge in [-0.2, -0.15) is 5.10 Å². The summed E-state index contributed by atoms with van der Waals surface area (Å²) in [6, 6.07) is 0. The van der Waals surface area contributed by atoms with Gasteiger partial charge in [-0.25, -0.2) is 0 Å². The molecule has 1 aliphatic rings. The third kappa shape index (κ3) is 3.49. The van der Waals surface area contributed by atoms with Gasteiger partial charge in [-0.15, -0.1) is 11.3 Å². The van der Waals surface area contributed by atoms with Crippen LogP contribution in [0.1, 0.15) is 54.8 Å². The largest absolute Gasteiger partial charge is 0.361 e. The van der Waals surface area contributed by atoms with Gasteiger partial charge >= 0.3 is 0 Å². The zero-order valence-corrected chi connectivity index (χ0v) is 17.5. The summed E-state index contributed by atoms with van der Waals surface area (Å²) >= 11 is 1.67. The van der Waals surface area contributed by atoms with Crippen molar-refractivity contribution in [3.05, 3.63) is 55.4 Å². The average molecular weight is 400 g/mol. The fraction of sp³-hybridized carbons (Fsp3) is 0.450. The van der Waals surface area contributed by atoms with Gasteiger partial charge < -0.3 is 9.84 Å². The molecule has 1 aliphatic heterocycles. The van der Waals surface area contributed by atoms with Gasteiger partial charge in [0.1, 0.15) is 5.76 Å². The average Bonchev–Trinajstić information content (AvgIpc) is 3.33. The lowest BCUT2D eigenvalue weighted by Crippen LogP contribution is -2.31. The normalized spacial score (nSPS) is 14.3. The van der Waals surface area contributed by atoms with E-state index in [2.05, 4.69) is 25.6 Å². The molecule has 0 aromatic carbocycles. The van der Waals surface area contributed by atoms with Crippen LogP contribution in [0.2, 0.25) is 0 Å². The number of aromatic nitrogens is 3. The molecule has 0 aliphatic carbocycles. The van der Waals surface area contributed by atoms with E-state index in [4.69, 9.17) is 4.52 Å². The van der Waals surface area contributed by atoms with Crippen molar-refractivity contribution in [3.8, 4) is 0 Å². The standard InChI is InChI=1S/C20H25N5O2S/c1-11-16(12(2)23-22-11)7-21-20(26)18-10-28-19-9-25(6-5-15(18)19)8-17-13(3)24-27-14(17)4/h10H,5-9H2,1-4H3,(H,21,26)(H,22,23). The van der Waals surface area contributed by atoms with Crippen molar-refractivity contribution < 1.29 is 9.32 Å². The Morgan fingerprint density at radius 1 is 1.29 bits per heavy atom. The van der Waals surface area contributed by atoms with Crippen LogP contribution in [0.15, 0.2) is 9.90 Å². The van der Waals surface area contributed by atoms with Crippen LogP contribution < -0.4 is 5.32 Å². The Morgan fingerprint density at radius 3 is 2.79 bits per heavy atom. The van der Waals surface area contributed by atoms with Crippen LogP contribution in [0.5, 0.6) is 0 Å². The molecule has 4 rings (SSSR count). The summed E-state index contributed by atoms with van der Waals surface area (Å²) in [5.41, 5.74) is 7.13. The third-order valence-corrected chi connectivity index (χ3v) is 6.55. The number of carbonyl (C=O) groups excluding carboxylic acids is 1. The van der Waals surface area contributed by atoms with Crippen molar-refractivity contribution in [1.29, 1.82) is 0 Å². The molecule has 3 aromatic heterocycles. The lowest BCUT2D eigenvalue weighted by atomic mass is 10.0. The highest BCUT2D eigenvalue weighted by atomic mass is 32.1. The second kappa shape index (κ2) is 7.52. The van der Waals surface area contributed by atoms with E-state index in [9.17, 15) is 4.79 Å². The number of nitrogens with zero attached hydrogens (tertiary/aromatic N) is 3. The zero-order valence-electron chi connectivity index (χ0n) is 16.7. The van der Waals surface area contributed by atoms with Crippen LogP contribution >= 0.6 is 11.3 Å². The predicted octanol–water partition coefficient (Wildman–Crippen LogP) is 3.18. The van der Waals surface area contributed by atoms with E-state index in [1.165, 1.54) is 16.0 Å². The lowest BCUT2D eigenvalue weighted by molar-refractivity contribution is 0.0949. The molecule has 1 amide bonds. The Hall–Kier alpha value is -2.45. The first kappa shape index (κ1) is 18.9. The van der Waals surface area contributed by atoms with E-state index >= 15 is 0 Å². The maximum absolute atomic E-state index is 12.8. The molecular formula is C20H25N5O2S. The lowest BCUT2D eigenvalue weighted by Gasteiger charge is -2.27. The molecule has 148 valence electrons. The van der Waals surface area contributed by atoms with Crippen molar-refractivity contribution in [2.45, 2.75) is 53.8 Å². The predicted molar refractivity (Wildman–Crippen MR) is 107 cm³/mol. The number of carbonyl (C=O) groups is 1. The van der Waals surface area contributed by atoms with Gasteiger partial charge in [0.15, 0.2) is 0 Å². The number of aryl methyl sites for hydroxylation is 4. The van der Waals surface area contributed by atoms with Crippen molar-refractivity contribution in [2.24, 2.45) is 0 Å². The molecule has 0 saturated heterocycles. The highest BCUT2D eigenvalue weighted by molar-refractivity contribution is 7.10. The fourth-order valence-electron chi connectivity index (χ4n) is 3.76. The molecular weight excluding hydrogens is 374 g/mol. The van der Waals surface area contributed by atoms with Crippen LogP contribution in [-0.4, -0.2) is 32.7 Å². The second-order valence-electron chi connectivity index (χ2n) is 7.41. The van der Waals surface area contributed by atoms with Crippen LogP contribution in [0.3, 0.4) is 0 Å². The van der Waals surface area contributed by atoms with Gasteiger partial charge in [-0.05, 0) is 39.7 Å². The number of rotatable bonds is 5. The van der Waals surface area contributed by atoms with E-state index in [0.717, 1.165) is 60.0 Å². The maximum Gasteiger partial charge on any atom is 0.252 e. The smallest absolute Gasteiger partial charge is 0.252 e. The number of aromatic amines is 1. The minimum absolute atomic E-state index is 0.00308. The molecule has 0 spiro atoms. The Morgan fingerprint density at radius 2 is 2.11 bits per heavy atom. The monoisotopic (exact) mass is 399 g/mol. The molecule has 28 heavy (non-hydrogen) atoms. The minimum Gasteiger partial charge on any atom is -0.361 e. The second-order valence-corrected chi connectivity index (χ2v) is 8.37. The van der Waals surface area contributed by atoms with Gasteiger partial charge in [0, 0.05) is 53.3 Å². The van der Waals surface area contributed by atoms with Gasteiger partial charge in [0.2, 0.25) is 0 Å². The maximum atomic E-state index is 12.8. The Bertz CT molecular complexity index is 977. The van der Waals surface area contributed by atoms with Crippen LogP contribution in [-0.2, 0) is 26.1 Å². The Kier molecular flexibility index (Phi) is 5.07. The number of amides is 1. The van der Waals surface area contributed by atoms with Crippen molar-refractivity contribution in [1.82, 2.24) is 25.6 Å². The first-order chi connectivity index (χ1) is 13.4. The summed E-state index contributed by atoms with van der Waals surface area (Å²) in [5.74, 6) is 0.885. The highest BCUT2D eigenvalue weighted by Gasteiger charge is 2.25. The number of hydrogen-bond acceptors (Lipinski definition) is 6. The van der Waals surface area contributed by atoms with E-state index < -0.39 is 0 Å². The van der Waals surface area contributed by atoms with E-state index in [1.807, 2.05) is 33.1 Å². The van der Waals surface area contributed by atoms with E-state index in [-0.39, 0.29) is 5.91 Å². The van der Waals surface area contributed by atoms with Crippen molar-refractivity contribution in [3.63, 3.8) is 0 Å². The summed E-state index contributed by atoms with van der Waals surface area (Å²) in [5, 5.41) is 16.2. The molecule has 0 saturated carbocycles. The summed E-state index contributed by atoms with van der Waals surface area (Å²) in [6.07, 6.45) is 0.884. The Balaban J connectivity index is 1.43. The highest BCUT2D eigenvalue weighted by Crippen LogP contribution is 2.30. The molecule has 7 nitrogen and oxygen atoms in total. The fourth-order valence-corrected chi connectivity index (χ4v) is 4.88. The van der Waals surface area contributed by atoms with E-state index in [1.54, 1.807) is 11.3 Å². The Labute approximate surface area is 168 Å². The molecule has 0 bridgehead atoms. The summed E-state index contributed by atoms with van der Waals surface area (Å²) < 4.78 is 5.28. The molecule has 0 fully saturated rings. The number of H-pyrrole nitrogens is 1. The summed E-state index contributed by atoms with van der Waals surface area (Å²) in [4.78, 5) is 16.4. The zero-order chi connectivity index (χ0) is 19.8. The van der Waals surface area contributed by atoms with Crippen LogP contribution in [0.25, 0.3) is 0 Å². The van der Waals surface area contributed by atoms with Crippen molar-refractivity contribution in [2.75, 3.05) is 6.54 Å². The first-order valence-electron chi connectivity index (χ1n) is 9.46. The van der Waals surface area contributed by atoms with Gasteiger partial charge in [-0.3, -0.25) is 14.8 Å². The topological polar surface area (TPSA) is 87.0 Å². The number of fused-ring (bicyclic) bond motifs is 1. The molecule has 0 atom stereocenters. The molecule has 4 heterocycles. The van der Waals surface area contributed by atoms with E-state index in [0.29, 0.717) is 6.54 Å². The first-order valence-corrected chi connectivity index (χ1v) is 10.3. The molecule has 3 aromatic rings. The summed E-state index contributed by atoms with van der Waals surface area (Å²) in [6.45, 7) is 11.0.